The van der Waals surface area contributed by atoms with Crippen molar-refractivity contribution in [1.82, 2.24) is 15.0 Å². The minimum atomic E-state index is 0.497. The second-order valence-electron chi connectivity index (χ2n) is 9.44. The SMILES string of the molecule is [C-]#[N+]c1cc2nc(-c3ccccc3)c(-c3ccccc3)nc2c2c(-c3ccc(C#N)cc3)nc3ccccc3c12. The van der Waals surface area contributed by atoms with Gasteiger partial charge in [-0.15, -0.1) is 0 Å². The van der Waals surface area contributed by atoms with Crippen molar-refractivity contribution in [3.05, 3.63) is 132 Å². The Balaban J connectivity index is 1.69. The van der Waals surface area contributed by atoms with Gasteiger partial charge in [0.05, 0.1) is 51.8 Å². The molecule has 5 nitrogen and oxygen atoms in total. The lowest BCUT2D eigenvalue weighted by Gasteiger charge is -2.16. The van der Waals surface area contributed by atoms with E-state index in [9.17, 15) is 5.26 Å². The van der Waals surface area contributed by atoms with Gasteiger partial charge in [0, 0.05) is 27.5 Å². The summed E-state index contributed by atoms with van der Waals surface area (Å²) < 4.78 is 0. The van der Waals surface area contributed by atoms with Gasteiger partial charge in [-0.2, -0.15) is 5.26 Å². The summed E-state index contributed by atoms with van der Waals surface area (Å²) in [5, 5.41) is 11.8. The summed E-state index contributed by atoms with van der Waals surface area (Å²) in [6.07, 6.45) is 0. The Morgan fingerprint density at radius 2 is 1.15 bits per heavy atom. The van der Waals surface area contributed by atoms with E-state index in [4.69, 9.17) is 21.5 Å². The van der Waals surface area contributed by atoms with E-state index in [2.05, 4.69) is 10.9 Å². The molecule has 0 saturated heterocycles. The normalized spacial score (nSPS) is 10.9. The van der Waals surface area contributed by atoms with Gasteiger partial charge in [-0.1, -0.05) is 91.0 Å². The van der Waals surface area contributed by atoms with E-state index in [1.807, 2.05) is 103 Å². The first kappa shape index (κ1) is 23.2. The van der Waals surface area contributed by atoms with Crippen LogP contribution >= 0.6 is 0 Å². The first-order chi connectivity index (χ1) is 19.7. The van der Waals surface area contributed by atoms with Crippen molar-refractivity contribution in [2.45, 2.75) is 0 Å². The van der Waals surface area contributed by atoms with Gasteiger partial charge in [-0.3, -0.25) is 0 Å². The van der Waals surface area contributed by atoms with Crippen molar-refractivity contribution in [3.63, 3.8) is 0 Å². The zero-order chi connectivity index (χ0) is 27.1. The largest absolute Gasteiger partial charge is 0.247 e. The number of pyridine rings is 1. The maximum absolute atomic E-state index is 9.36. The Labute approximate surface area is 230 Å². The van der Waals surface area contributed by atoms with Gasteiger partial charge in [0.25, 0.3) is 0 Å². The van der Waals surface area contributed by atoms with E-state index in [1.165, 1.54) is 0 Å². The minimum Gasteiger partial charge on any atom is -0.247 e. The summed E-state index contributed by atoms with van der Waals surface area (Å²) in [7, 11) is 0. The van der Waals surface area contributed by atoms with Gasteiger partial charge in [0.2, 0.25) is 0 Å². The molecule has 0 spiro atoms. The summed E-state index contributed by atoms with van der Waals surface area (Å²) in [5.41, 5.74) is 8.12. The van der Waals surface area contributed by atoms with E-state index >= 15 is 0 Å². The summed E-state index contributed by atoms with van der Waals surface area (Å²) in [6.45, 7) is 8.12. The highest BCUT2D eigenvalue weighted by Gasteiger charge is 2.21. The van der Waals surface area contributed by atoms with E-state index in [-0.39, 0.29) is 0 Å². The van der Waals surface area contributed by atoms with Crippen LogP contribution in [-0.4, -0.2) is 15.0 Å². The molecule has 0 aliphatic carbocycles. The Morgan fingerprint density at radius 3 is 1.80 bits per heavy atom. The molecule has 7 aromatic rings. The van der Waals surface area contributed by atoms with Crippen LogP contribution in [0.2, 0.25) is 0 Å². The third kappa shape index (κ3) is 3.74. The lowest BCUT2D eigenvalue weighted by atomic mass is 9.96. The molecule has 0 radical (unpaired) electrons. The molecule has 0 aliphatic heterocycles. The van der Waals surface area contributed by atoms with E-state index in [0.29, 0.717) is 28.0 Å². The van der Waals surface area contributed by atoms with Crippen molar-refractivity contribution in [2.75, 3.05) is 0 Å². The van der Waals surface area contributed by atoms with Crippen LogP contribution in [0.25, 0.3) is 71.3 Å². The van der Waals surface area contributed by atoms with E-state index in [0.717, 1.165) is 49.8 Å². The molecule has 7 rings (SSSR count). The average molecular weight is 510 g/mol. The molecule has 0 saturated carbocycles. The highest BCUT2D eigenvalue weighted by Crippen LogP contribution is 2.43. The van der Waals surface area contributed by atoms with Crippen LogP contribution < -0.4 is 0 Å². The summed E-state index contributed by atoms with van der Waals surface area (Å²) >= 11 is 0. The topological polar surface area (TPSA) is 66.8 Å². The molecular weight excluding hydrogens is 490 g/mol. The number of nitriles is 1. The molecule has 2 heterocycles. The number of benzene rings is 5. The number of hydrogen-bond acceptors (Lipinski definition) is 4. The quantitative estimate of drug-likeness (QED) is 0.176. The lowest BCUT2D eigenvalue weighted by molar-refractivity contribution is 1.30. The molecule has 5 aromatic carbocycles. The number of fused-ring (bicyclic) bond motifs is 5. The molecule has 0 fully saturated rings. The standard InChI is InChI=1S/C35H19N5/c1-37-28-20-29-35(40-34(24-12-6-3-7-13-24)33(39-29)23-10-4-2-5-11-23)31-30(28)26-14-8-9-15-27(26)38-32(31)25-18-16-22(21-36)17-19-25/h2-20H. The monoisotopic (exact) mass is 509 g/mol. The maximum Gasteiger partial charge on any atom is 0.197 e. The number of rotatable bonds is 3. The molecule has 0 unspecified atom stereocenters. The van der Waals surface area contributed by atoms with Crippen LogP contribution in [0, 0.1) is 17.9 Å². The molecule has 40 heavy (non-hydrogen) atoms. The van der Waals surface area contributed by atoms with Crippen LogP contribution in [0.15, 0.2) is 115 Å². The van der Waals surface area contributed by atoms with E-state index < -0.39 is 0 Å². The third-order valence-electron chi connectivity index (χ3n) is 7.08. The lowest BCUT2D eigenvalue weighted by Crippen LogP contribution is -1.98. The maximum atomic E-state index is 9.36. The zero-order valence-electron chi connectivity index (χ0n) is 21.2. The van der Waals surface area contributed by atoms with Crippen molar-refractivity contribution < 1.29 is 0 Å². The minimum absolute atomic E-state index is 0.497. The molecule has 0 bridgehead atoms. The van der Waals surface area contributed by atoms with Crippen molar-refractivity contribution in [2.24, 2.45) is 0 Å². The van der Waals surface area contributed by atoms with Crippen molar-refractivity contribution in [1.29, 1.82) is 5.26 Å². The third-order valence-corrected chi connectivity index (χ3v) is 7.08. The highest BCUT2D eigenvalue weighted by molar-refractivity contribution is 6.24. The first-order valence-corrected chi connectivity index (χ1v) is 12.8. The summed E-state index contributed by atoms with van der Waals surface area (Å²) in [5.74, 6) is 0. The molecule has 0 N–H and O–H groups in total. The predicted octanol–water partition coefficient (Wildman–Crippen LogP) is 8.75. The Morgan fingerprint density at radius 1 is 0.575 bits per heavy atom. The summed E-state index contributed by atoms with van der Waals surface area (Å²) in [6, 6.07) is 39.3. The molecule has 5 heteroatoms. The van der Waals surface area contributed by atoms with Gasteiger partial charge < -0.3 is 0 Å². The first-order valence-electron chi connectivity index (χ1n) is 12.8. The fourth-order valence-corrected chi connectivity index (χ4v) is 5.24. The van der Waals surface area contributed by atoms with Crippen LogP contribution in [0.5, 0.6) is 0 Å². The molecule has 2 aromatic heterocycles. The van der Waals surface area contributed by atoms with E-state index in [1.54, 1.807) is 12.1 Å². The van der Waals surface area contributed by atoms with Crippen molar-refractivity contribution >= 4 is 38.4 Å². The van der Waals surface area contributed by atoms with Gasteiger partial charge >= 0.3 is 0 Å². The van der Waals surface area contributed by atoms with Crippen LogP contribution in [-0.2, 0) is 0 Å². The number of para-hydroxylation sites is 1. The van der Waals surface area contributed by atoms with Crippen LogP contribution in [0.4, 0.5) is 5.69 Å². The van der Waals surface area contributed by atoms with Crippen molar-refractivity contribution in [3.8, 4) is 39.8 Å². The Kier molecular flexibility index (Phi) is 5.48. The van der Waals surface area contributed by atoms with Gasteiger partial charge in [-0.05, 0) is 29.7 Å². The predicted molar refractivity (Wildman–Crippen MR) is 160 cm³/mol. The van der Waals surface area contributed by atoms with Gasteiger partial charge in [0.1, 0.15) is 0 Å². The van der Waals surface area contributed by atoms with Gasteiger partial charge in [0.15, 0.2) is 5.69 Å². The molecule has 0 amide bonds. The second-order valence-corrected chi connectivity index (χ2v) is 9.44. The summed E-state index contributed by atoms with van der Waals surface area (Å²) in [4.78, 5) is 19.5. The van der Waals surface area contributed by atoms with Crippen LogP contribution in [0.3, 0.4) is 0 Å². The number of hydrogen-bond donors (Lipinski definition) is 0. The molecular formula is C35H19N5. The second kappa shape index (κ2) is 9.44. The molecule has 184 valence electrons. The fraction of sp³-hybridized carbons (Fsp3) is 0. The fourth-order valence-electron chi connectivity index (χ4n) is 5.24. The van der Waals surface area contributed by atoms with Crippen LogP contribution in [0.1, 0.15) is 5.56 Å². The highest BCUT2D eigenvalue weighted by atomic mass is 14.8. The Bertz CT molecular complexity index is 2160. The average Bonchev–Trinajstić information content (AvgIpc) is 3.04. The molecule has 0 aliphatic rings. The van der Waals surface area contributed by atoms with Gasteiger partial charge in [-0.25, -0.2) is 19.8 Å². The molecule has 0 atom stereocenters. The zero-order valence-corrected chi connectivity index (χ0v) is 21.2. The smallest absolute Gasteiger partial charge is 0.197 e. The number of aromatic nitrogens is 3. The number of nitrogens with zero attached hydrogens (tertiary/aromatic N) is 5. The Hall–Kier alpha value is -5.91.